The van der Waals surface area contributed by atoms with Gasteiger partial charge in [0.1, 0.15) is 0 Å². The molecule has 9 heavy (non-hydrogen) atoms. The molecule has 0 fully saturated rings. The van der Waals surface area contributed by atoms with E-state index in [2.05, 4.69) is 4.99 Å². The van der Waals surface area contributed by atoms with E-state index in [1.807, 2.05) is 0 Å². The number of aliphatic hydroxyl groups excluding tert-OH is 1. The van der Waals surface area contributed by atoms with Gasteiger partial charge in [-0.1, -0.05) is 34.8 Å². The lowest BCUT2D eigenvalue weighted by atomic mass is 10.7. The van der Waals surface area contributed by atoms with Crippen molar-refractivity contribution < 1.29 is 9.90 Å². The second kappa shape index (κ2) is 3.40. The van der Waals surface area contributed by atoms with Crippen LogP contribution < -0.4 is 0 Å². The van der Waals surface area contributed by atoms with Crippen molar-refractivity contribution in [2.24, 2.45) is 4.99 Å². The molecule has 1 unspecified atom stereocenters. The lowest BCUT2D eigenvalue weighted by Crippen LogP contribution is -2.22. The van der Waals surface area contributed by atoms with Gasteiger partial charge in [0, 0.05) is 0 Å². The SMILES string of the molecule is O=C=NC(O)C(Cl)(Cl)Cl. The van der Waals surface area contributed by atoms with Gasteiger partial charge in [0.15, 0.2) is 0 Å². The highest BCUT2D eigenvalue weighted by Gasteiger charge is 2.30. The Morgan fingerprint density at radius 1 is 1.56 bits per heavy atom. The predicted molar refractivity (Wildman–Crippen MR) is 34.4 cm³/mol. The Morgan fingerprint density at radius 3 is 2.11 bits per heavy atom. The van der Waals surface area contributed by atoms with E-state index in [0.717, 1.165) is 6.08 Å². The molecule has 0 radical (unpaired) electrons. The Labute approximate surface area is 66.2 Å². The largest absolute Gasteiger partial charge is 0.368 e. The van der Waals surface area contributed by atoms with Crippen LogP contribution in [0.25, 0.3) is 0 Å². The maximum absolute atomic E-state index is 9.43. The minimum atomic E-state index is -1.95. The monoisotopic (exact) mass is 189 g/mol. The summed E-state index contributed by atoms with van der Waals surface area (Å²) in [6.07, 6.45) is -0.593. The molecule has 0 amide bonds. The first-order valence-electron chi connectivity index (χ1n) is 1.80. The Bertz CT molecular complexity index is 136. The molecule has 0 saturated heterocycles. The second-order valence-corrected chi connectivity index (χ2v) is 3.50. The molecular formula is C3H2Cl3NO2. The van der Waals surface area contributed by atoms with Crippen LogP contribution in [0.1, 0.15) is 0 Å². The summed E-state index contributed by atoms with van der Waals surface area (Å²) >= 11 is 15.2. The second-order valence-electron chi connectivity index (χ2n) is 1.14. The van der Waals surface area contributed by atoms with Crippen LogP contribution in [0, 0.1) is 0 Å². The normalized spacial score (nSPS) is 14.2. The van der Waals surface area contributed by atoms with Crippen LogP contribution in [-0.2, 0) is 4.79 Å². The van der Waals surface area contributed by atoms with Gasteiger partial charge in [0.05, 0.1) is 0 Å². The number of nitrogens with zero attached hydrogens (tertiary/aromatic N) is 1. The topological polar surface area (TPSA) is 49.7 Å². The first-order valence-corrected chi connectivity index (χ1v) is 2.93. The molecule has 1 N–H and O–H groups in total. The molecule has 0 saturated carbocycles. The van der Waals surface area contributed by atoms with Gasteiger partial charge in [-0.15, -0.1) is 0 Å². The number of hydrogen-bond acceptors (Lipinski definition) is 3. The summed E-state index contributed by atoms with van der Waals surface area (Å²) in [6.45, 7) is 0. The van der Waals surface area contributed by atoms with Crippen molar-refractivity contribution in [3.8, 4) is 0 Å². The number of rotatable bonds is 1. The van der Waals surface area contributed by atoms with Crippen LogP contribution in [-0.4, -0.2) is 21.2 Å². The average molecular weight is 190 g/mol. The number of halogens is 3. The van der Waals surface area contributed by atoms with Crippen molar-refractivity contribution >= 4 is 40.9 Å². The highest BCUT2D eigenvalue weighted by atomic mass is 35.6. The molecule has 0 aromatic rings. The first kappa shape index (κ1) is 9.21. The Morgan fingerprint density at radius 2 is 2.00 bits per heavy atom. The average Bonchev–Trinajstić information content (AvgIpc) is 1.64. The van der Waals surface area contributed by atoms with E-state index in [9.17, 15) is 4.79 Å². The van der Waals surface area contributed by atoms with Crippen LogP contribution in [0.3, 0.4) is 0 Å². The fourth-order valence-electron chi connectivity index (χ4n) is 0.123. The Hall–Kier alpha value is 0.210. The maximum Gasteiger partial charge on any atom is 0.237 e. The van der Waals surface area contributed by atoms with Crippen LogP contribution in [0.2, 0.25) is 0 Å². The molecule has 0 rings (SSSR count). The molecule has 3 nitrogen and oxygen atoms in total. The molecule has 0 aliphatic heterocycles. The molecule has 0 bridgehead atoms. The number of aliphatic hydroxyl groups is 1. The van der Waals surface area contributed by atoms with E-state index in [0.29, 0.717) is 0 Å². The molecule has 52 valence electrons. The first-order chi connectivity index (χ1) is 3.98. The number of carbonyl (C=O) groups excluding carboxylic acids is 1. The van der Waals surface area contributed by atoms with Crippen LogP contribution in [0.4, 0.5) is 0 Å². The molecule has 0 spiro atoms. The van der Waals surface area contributed by atoms with E-state index in [1.54, 1.807) is 0 Å². The molecule has 6 heteroatoms. The fraction of sp³-hybridized carbons (Fsp3) is 0.667. The molecular weight excluding hydrogens is 188 g/mol. The maximum atomic E-state index is 9.43. The van der Waals surface area contributed by atoms with Crippen LogP contribution in [0.5, 0.6) is 0 Å². The summed E-state index contributed by atoms with van der Waals surface area (Å²) < 4.78 is -1.95. The zero-order valence-corrected chi connectivity index (χ0v) is 6.28. The van der Waals surface area contributed by atoms with Gasteiger partial charge in [-0.25, -0.2) is 4.79 Å². The molecule has 0 aliphatic rings. The number of hydrogen-bond donors (Lipinski definition) is 1. The summed E-state index contributed by atoms with van der Waals surface area (Å²) in [7, 11) is 0. The van der Waals surface area contributed by atoms with Crippen molar-refractivity contribution in [2.75, 3.05) is 0 Å². The number of aliphatic imine (C=N–C) groups is 1. The third-order valence-corrected chi connectivity index (χ3v) is 1.05. The molecule has 0 aromatic carbocycles. The van der Waals surface area contributed by atoms with E-state index in [1.165, 1.54) is 0 Å². The minimum absolute atomic E-state index is 1.05. The van der Waals surface area contributed by atoms with E-state index < -0.39 is 10.0 Å². The van der Waals surface area contributed by atoms with Gasteiger partial charge in [0.2, 0.25) is 16.1 Å². The zero-order valence-electron chi connectivity index (χ0n) is 4.01. The Balaban J connectivity index is 4.03. The number of isocyanates is 1. The smallest absolute Gasteiger partial charge is 0.237 e. The third-order valence-electron chi connectivity index (χ3n) is 0.468. The van der Waals surface area contributed by atoms with Crippen LogP contribution >= 0.6 is 34.8 Å². The summed E-state index contributed by atoms with van der Waals surface area (Å²) in [6, 6.07) is 0. The van der Waals surface area contributed by atoms with E-state index in [4.69, 9.17) is 39.9 Å². The highest BCUT2D eigenvalue weighted by Crippen LogP contribution is 2.30. The summed E-state index contributed by atoms with van der Waals surface area (Å²) in [5.41, 5.74) is 0. The summed E-state index contributed by atoms with van der Waals surface area (Å²) in [4.78, 5) is 12.2. The summed E-state index contributed by atoms with van der Waals surface area (Å²) in [5.74, 6) is 0. The third kappa shape index (κ3) is 3.73. The van der Waals surface area contributed by atoms with Gasteiger partial charge in [-0.2, -0.15) is 4.99 Å². The summed E-state index contributed by atoms with van der Waals surface area (Å²) in [5, 5.41) is 8.56. The van der Waals surface area contributed by atoms with E-state index in [-0.39, 0.29) is 0 Å². The fourth-order valence-corrected chi connectivity index (χ4v) is 0.270. The van der Waals surface area contributed by atoms with E-state index >= 15 is 0 Å². The number of alkyl halides is 3. The molecule has 1 atom stereocenters. The standard InChI is InChI=1S/C3H2Cl3NO2/c4-3(5,6)2(9)7-1-8/h2,9H. The van der Waals surface area contributed by atoms with Crippen molar-refractivity contribution in [3.05, 3.63) is 0 Å². The van der Waals surface area contributed by atoms with Crippen molar-refractivity contribution in [1.29, 1.82) is 0 Å². The molecule has 0 heterocycles. The lowest BCUT2D eigenvalue weighted by molar-refractivity contribution is 0.189. The quantitative estimate of drug-likeness (QED) is 0.381. The van der Waals surface area contributed by atoms with Crippen LogP contribution in [0.15, 0.2) is 4.99 Å². The molecule has 0 aromatic heterocycles. The van der Waals surface area contributed by atoms with Gasteiger partial charge in [-0.3, -0.25) is 0 Å². The lowest BCUT2D eigenvalue weighted by Gasteiger charge is -2.11. The minimum Gasteiger partial charge on any atom is -0.368 e. The van der Waals surface area contributed by atoms with Crippen molar-refractivity contribution in [1.82, 2.24) is 0 Å². The van der Waals surface area contributed by atoms with Gasteiger partial charge in [0.25, 0.3) is 0 Å². The van der Waals surface area contributed by atoms with Gasteiger partial charge < -0.3 is 5.11 Å². The molecule has 0 aliphatic carbocycles. The highest BCUT2D eigenvalue weighted by molar-refractivity contribution is 6.68. The van der Waals surface area contributed by atoms with Gasteiger partial charge >= 0.3 is 0 Å². The predicted octanol–water partition coefficient (Wildman–Crippen LogP) is 1.01. The Kier molecular flexibility index (Phi) is 3.48. The zero-order chi connectivity index (χ0) is 7.49. The van der Waals surface area contributed by atoms with Crippen molar-refractivity contribution in [3.63, 3.8) is 0 Å². The van der Waals surface area contributed by atoms with Crippen molar-refractivity contribution in [2.45, 2.75) is 10.0 Å². The van der Waals surface area contributed by atoms with Gasteiger partial charge in [-0.05, 0) is 0 Å².